The lowest BCUT2D eigenvalue weighted by Crippen LogP contribution is -2.54. The molecule has 0 spiro atoms. The van der Waals surface area contributed by atoms with Gasteiger partial charge < -0.3 is 9.64 Å². The second-order valence-corrected chi connectivity index (χ2v) is 8.73. The van der Waals surface area contributed by atoms with Gasteiger partial charge in [0, 0.05) is 11.3 Å². The summed E-state index contributed by atoms with van der Waals surface area (Å²) in [5.41, 5.74) is 2.79. The van der Waals surface area contributed by atoms with E-state index in [0.717, 1.165) is 11.1 Å². The van der Waals surface area contributed by atoms with Crippen molar-refractivity contribution in [3.05, 3.63) is 144 Å². The highest BCUT2D eigenvalue weighted by Crippen LogP contribution is 2.44. The first kappa shape index (κ1) is 24.1. The SMILES string of the molecule is O=C(C=CC1C(=O)N(c2ccc(F)cc2)C1c1ccc(OCc2ccccc2)cc1)c1ccc(F)cc1. The topological polar surface area (TPSA) is 46.6 Å². The molecule has 1 amide bonds. The summed E-state index contributed by atoms with van der Waals surface area (Å²) < 4.78 is 32.6. The van der Waals surface area contributed by atoms with E-state index in [-0.39, 0.29) is 11.7 Å². The molecule has 4 aromatic carbocycles. The van der Waals surface area contributed by atoms with Crippen molar-refractivity contribution in [2.24, 2.45) is 5.92 Å². The quantitative estimate of drug-likeness (QED) is 0.156. The molecule has 0 aliphatic carbocycles. The fraction of sp³-hybridized carbons (Fsp3) is 0.0968. The van der Waals surface area contributed by atoms with E-state index in [1.807, 2.05) is 54.6 Å². The number of rotatable bonds is 8. The van der Waals surface area contributed by atoms with Gasteiger partial charge in [-0.15, -0.1) is 0 Å². The molecule has 37 heavy (non-hydrogen) atoms. The summed E-state index contributed by atoms with van der Waals surface area (Å²) >= 11 is 0. The summed E-state index contributed by atoms with van der Waals surface area (Å²) in [6.07, 6.45) is 2.93. The molecule has 1 aliphatic rings. The lowest BCUT2D eigenvalue weighted by Gasteiger charge is -2.46. The Morgan fingerprint density at radius 2 is 1.43 bits per heavy atom. The second kappa shape index (κ2) is 10.6. The molecule has 0 N–H and O–H groups in total. The van der Waals surface area contributed by atoms with Gasteiger partial charge in [0.1, 0.15) is 24.0 Å². The van der Waals surface area contributed by atoms with Crippen molar-refractivity contribution in [2.45, 2.75) is 12.6 Å². The first-order valence-electron chi connectivity index (χ1n) is 11.8. The Morgan fingerprint density at radius 1 is 0.811 bits per heavy atom. The molecule has 0 aromatic heterocycles. The molecular weight excluding hydrogens is 472 g/mol. The van der Waals surface area contributed by atoms with Crippen LogP contribution in [0.25, 0.3) is 0 Å². The highest BCUT2D eigenvalue weighted by Gasteiger charge is 2.47. The number of hydrogen-bond acceptors (Lipinski definition) is 3. The molecule has 184 valence electrons. The van der Waals surface area contributed by atoms with E-state index in [1.165, 1.54) is 42.5 Å². The maximum absolute atomic E-state index is 13.5. The molecule has 0 bridgehead atoms. The number of nitrogens with zero attached hydrogens (tertiary/aromatic N) is 1. The van der Waals surface area contributed by atoms with Crippen molar-refractivity contribution < 1.29 is 23.1 Å². The molecular formula is C31H23F2NO3. The van der Waals surface area contributed by atoms with Gasteiger partial charge in [-0.1, -0.05) is 48.5 Å². The molecule has 1 heterocycles. The zero-order chi connectivity index (χ0) is 25.8. The molecule has 5 rings (SSSR count). The summed E-state index contributed by atoms with van der Waals surface area (Å²) in [4.78, 5) is 27.3. The molecule has 2 atom stereocenters. The molecule has 0 radical (unpaired) electrons. The zero-order valence-corrected chi connectivity index (χ0v) is 19.8. The minimum absolute atomic E-state index is 0.204. The summed E-state index contributed by atoms with van der Waals surface area (Å²) in [5, 5.41) is 0. The number of allylic oxidation sites excluding steroid dienone is 1. The van der Waals surface area contributed by atoms with Crippen LogP contribution in [0.5, 0.6) is 5.75 Å². The third-order valence-corrected chi connectivity index (χ3v) is 6.30. The predicted octanol–water partition coefficient (Wildman–Crippen LogP) is 6.69. The maximum atomic E-state index is 13.5. The van der Waals surface area contributed by atoms with Crippen LogP contribution in [0.1, 0.15) is 27.5 Å². The minimum atomic E-state index is -0.592. The number of ether oxygens (including phenoxy) is 1. The van der Waals surface area contributed by atoms with Crippen molar-refractivity contribution in [1.29, 1.82) is 0 Å². The van der Waals surface area contributed by atoms with Gasteiger partial charge in [-0.3, -0.25) is 9.59 Å². The van der Waals surface area contributed by atoms with Crippen LogP contribution in [0.15, 0.2) is 115 Å². The fourth-order valence-electron chi connectivity index (χ4n) is 4.35. The number of hydrogen-bond donors (Lipinski definition) is 0. The van der Waals surface area contributed by atoms with Crippen molar-refractivity contribution in [3.8, 4) is 5.75 Å². The average Bonchev–Trinajstić information content (AvgIpc) is 2.93. The van der Waals surface area contributed by atoms with Crippen molar-refractivity contribution >= 4 is 17.4 Å². The first-order valence-corrected chi connectivity index (χ1v) is 11.8. The van der Waals surface area contributed by atoms with Crippen LogP contribution in [-0.2, 0) is 11.4 Å². The lowest BCUT2D eigenvalue weighted by atomic mass is 9.81. The van der Waals surface area contributed by atoms with E-state index < -0.39 is 23.6 Å². The van der Waals surface area contributed by atoms with E-state index in [1.54, 1.807) is 23.1 Å². The second-order valence-electron chi connectivity index (χ2n) is 8.73. The smallest absolute Gasteiger partial charge is 0.236 e. The lowest BCUT2D eigenvalue weighted by molar-refractivity contribution is -0.128. The Balaban J connectivity index is 1.37. The van der Waals surface area contributed by atoms with E-state index in [4.69, 9.17) is 4.74 Å². The predicted molar refractivity (Wildman–Crippen MR) is 137 cm³/mol. The molecule has 4 nitrogen and oxygen atoms in total. The fourth-order valence-corrected chi connectivity index (χ4v) is 4.35. The van der Waals surface area contributed by atoms with Crippen LogP contribution in [0, 0.1) is 17.6 Å². The van der Waals surface area contributed by atoms with Gasteiger partial charge in [0.25, 0.3) is 0 Å². The number of amides is 1. The Labute approximate surface area is 213 Å². The van der Waals surface area contributed by atoms with Crippen LogP contribution in [0.3, 0.4) is 0 Å². The number of carbonyl (C=O) groups is 2. The Bertz CT molecular complexity index is 1420. The number of halogens is 2. The van der Waals surface area contributed by atoms with Gasteiger partial charge in [0.05, 0.1) is 12.0 Å². The highest BCUT2D eigenvalue weighted by molar-refractivity contribution is 6.07. The highest BCUT2D eigenvalue weighted by atomic mass is 19.1. The van der Waals surface area contributed by atoms with Crippen LogP contribution in [0.4, 0.5) is 14.5 Å². The molecule has 1 saturated heterocycles. The van der Waals surface area contributed by atoms with Gasteiger partial charge in [-0.05, 0) is 77.9 Å². The third-order valence-electron chi connectivity index (χ3n) is 6.30. The van der Waals surface area contributed by atoms with Crippen LogP contribution in [0.2, 0.25) is 0 Å². The normalized spacial score (nSPS) is 17.0. The standard InChI is InChI=1S/C31H23F2NO3/c32-24-10-6-22(7-11-24)29(35)19-18-28-30(34(31(28)36)26-14-12-25(33)13-15-26)23-8-16-27(17-9-23)37-20-21-4-2-1-3-5-21/h1-19,28,30H,20H2. The monoisotopic (exact) mass is 495 g/mol. The van der Waals surface area contributed by atoms with Crippen LogP contribution >= 0.6 is 0 Å². The van der Waals surface area contributed by atoms with Crippen LogP contribution < -0.4 is 9.64 Å². The Hall–Kier alpha value is -4.58. The molecule has 0 saturated carbocycles. The molecule has 1 fully saturated rings. The van der Waals surface area contributed by atoms with Crippen molar-refractivity contribution in [2.75, 3.05) is 4.90 Å². The Morgan fingerprint density at radius 3 is 2.08 bits per heavy atom. The van der Waals surface area contributed by atoms with Gasteiger partial charge in [0.2, 0.25) is 5.91 Å². The summed E-state index contributed by atoms with van der Waals surface area (Å²) in [6, 6.07) is 27.9. The van der Waals surface area contributed by atoms with Crippen molar-refractivity contribution in [1.82, 2.24) is 0 Å². The minimum Gasteiger partial charge on any atom is -0.489 e. The average molecular weight is 496 g/mol. The first-order chi connectivity index (χ1) is 18.0. The molecule has 1 aliphatic heterocycles. The molecule has 6 heteroatoms. The van der Waals surface area contributed by atoms with E-state index in [2.05, 4.69) is 0 Å². The van der Waals surface area contributed by atoms with E-state index in [0.29, 0.717) is 23.6 Å². The number of benzene rings is 4. The summed E-state index contributed by atoms with van der Waals surface area (Å²) in [6.45, 7) is 0.431. The summed E-state index contributed by atoms with van der Waals surface area (Å²) in [7, 11) is 0. The van der Waals surface area contributed by atoms with Gasteiger partial charge in [-0.2, -0.15) is 0 Å². The van der Waals surface area contributed by atoms with Crippen LogP contribution in [-0.4, -0.2) is 11.7 Å². The van der Waals surface area contributed by atoms with Gasteiger partial charge >= 0.3 is 0 Å². The largest absolute Gasteiger partial charge is 0.489 e. The number of β-lactam (4-membered cyclic amide) rings is 1. The van der Waals surface area contributed by atoms with E-state index >= 15 is 0 Å². The molecule has 2 unspecified atom stereocenters. The number of ketones is 1. The van der Waals surface area contributed by atoms with Gasteiger partial charge in [0.15, 0.2) is 5.78 Å². The Kier molecular flexibility index (Phi) is 6.90. The number of carbonyl (C=O) groups excluding carboxylic acids is 2. The van der Waals surface area contributed by atoms with Crippen molar-refractivity contribution in [3.63, 3.8) is 0 Å². The molecule has 4 aromatic rings. The maximum Gasteiger partial charge on any atom is 0.236 e. The number of anilines is 1. The van der Waals surface area contributed by atoms with Gasteiger partial charge in [-0.25, -0.2) is 8.78 Å². The third kappa shape index (κ3) is 5.33. The zero-order valence-electron chi connectivity index (χ0n) is 19.8. The summed E-state index contributed by atoms with van der Waals surface area (Å²) in [5.74, 6) is -1.26. The van der Waals surface area contributed by atoms with E-state index in [9.17, 15) is 18.4 Å².